The molecule has 0 bridgehead atoms. The monoisotopic (exact) mass is 284 g/mol. The molecule has 18 heavy (non-hydrogen) atoms. The Bertz CT molecular complexity index is 450. The van der Waals surface area contributed by atoms with Crippen LogP contribution in [0.4, 0.5) is 22.0 Å². The topological polar surface area (TPSA) is 9.23 Å². The summed E-state index contributed by atoms with van der Waals surface area (Å²) in [4.78, 5) is 0. The predicted molar refractivity (Wildman–Crippen MR) is 59.8 cm³/mol. The third-order valence-corrected chi connectivity index (χ3v) is 3.80. The smallest absolute Gasteiger partial charge is 0.197 e. The number of hydrogen-bond acceptors (Lipinski definition) is 1. The van der Waals surface area contributed by atoms with Crippen LogP contribution in [0.15, 0.2) is 6.07 Å². The standard InChI is InChI=1S/C11H13F5OSi/c1-11(2,17-18)4-7(13)5-3-6(12)9(15)10(16)8(5)14/h3,7H,4H2,1-2,18H3. The second-order valence-corrected chi connectivity index (χ2v) is 4.93. The Morgan fingerprint density at radius 1 is 1.17 bits per heavy atom. The highest BCUT2D eigenvalue weighted by Gasteiger charge is 2.29. The third-order valence-electron chi connectivity index (χ3n) is 2.69. The van der Waals surface area contributed by atoms with Crippen molar-refractivity contribution in [1.29, 1.82) is 0 Å². The van der Waals surface area contributed by atoms with Gasteiger partial charge in [-0.2, -0.15) is 0 Å². The molecular formula is C11H13F5OSi. The minimum Gasteiger partial charge on any atom is -0.423 e. The van der Waals surface area contributed by atoms with E-state index in [4.69, 9.17) is 4.43 Å². The summed E-state index contributed by atoms with van der Waals surface area (Å²) in [6.45, 7) is 3.14. The van der Waals surface area contributed by atoms with Crippen LogP contribution in [-0.2, 0) is 4.43 Å². The Morgan fingerprint density at radius 3 is 2.22 bits per heavy atom. The first kappa shape index (κ1) is 15.1. The maximum Gasteiger partial charge on any atom is 0.197 e. The van der Waals surface area contributed by atoms with Gasteiger partial charge in [0, 0.05) is 12.0 Å². The molecule has 1 unspecified atom stereocenters. The molecule has 0 aliphatic rings. The summed E-state index contributed by atoms with van der Waals surface area (Å²) in [6.07, 6.45) is -2.25. The number of benzene rings is 1. The highest BCUT2D eigenvalue weighted by atomic mass is 28.2. The van der Waals surface area contributed by atoms with Gasteiger partial charge in [-0.3, -0.25) is 0 Å². The Labute approximate surface area is 104 Å². The van der Waals surface area contributed by atoms with Crippen LogP contribution >= 0.6 is 0 Å². The van der Waals surface area contributed by atoms with Crippen LogP contribution in [0, 0.1) is 23.3 Å². The molecule has 0 heterocycles. The van der Waals surface area contributed by atoms with E-state index >= 15 is 0 Å². The SMILES string of the molecule is CC(C)(CC(F)c1cc(F)c(F)c(F)c1F)O[SiH3]. The zero-order chi connectivity index (χ0) is 14.1. The lowest BCUT2D eigenvalue weighted by Gasteiger charge is -2.25. The molecular weight excluding hydrogens is 271 g/mol. The molecule has 0 aromatic heterocycles. The summed E-state index contributed by atoms with van der Waals surface area (Å²) in [7, 11) is 0.340. The normalized spacial score (nSPS) is 13.9. The van der Waals surface area contributed by atoms with Crippen LogP contribution in [0.1, 0.15) is 32.0 Å². The summed E-state index contributed by atoms with van der Waals surface area (Å²) in [5.41, 5.74) is -1.71. The van der Waals surface area contributed by atoms with E-state index in [0.29, 0.717) is 16.6 Å². The lowest BCUT2D eigenvalue weighted by molar-refractivity contribution is 0.0771. The van der Waals surface area contributed by atoms with Crippen molar-refractivity contribution in [3.63, 3.8) is 0 Å². The molecule has 0 amide bonds. The Hall–Kier alpha value is -0.953. The van der Waals surface area contributed by atoms with Gasteiger partial charge in [0.15, 0.2) is 23.3 Å². The van der Waals surface area contributed by atoms with Crippen molar-refractivity contribution in [1.82, 2.24) is 0 Å². The van der Waals surface area contributed by atoms with E-state index in [9.17, 15) is 22.0 Å². The van der Waals surface area contributed by atoms with E-state index < -0.39 is 40.6 Å². The average Bonchev–Trinajstić information content (AvgIpc) is 2.30. The van der Waals surface area contributed by atoms with Crippen molar-refractivity contribution in [3.05, 3.63) is 34.9 Å². The third kappa shape index (κ3) is 3.08. The lowest BCUT2D eigenvalue weighted by atomic mass is 9.96. The average molecular weight is 284 g/mol. The second-order valence-electron chi connectivity index (χ2n) is 4.53. The van der Waals surface area contributed by atoms with Gasteiger partial charge in [0.1, 0.15) is 16.7 Å². The molecule has 0 aliphatic heterocycles. The van der Waals surface area contributed by atoms with Gasteiger partial charge in [-0.1, -0.05) is 0 Å². The molecule has 1 nitrogen and oxygen atoms in total. The van der Waals surface area contributed by atoms with Crippen LogP contribution in [0.5, 0.6) is 0 Å². The molecule has 0 radical (unpaired) electrons. The van der Waals surface area contributed by atoms with Crippen molar-refractivity contribution in [2.24, 2.45) is 0 Å². The van der Waals surface area contributed by atoms with Crippen molar-refractivity contribution < 1.29 is 26.4 Å². The van der Waals surface area contributed by atoms with Gasteiger partial charge in [-0.15, -0.1) is 0 Å². The molecule has 1 rings (SSSR count). The maximum absolute atomic E-state index is 13.8. The van der Waals surface area contributed by atoms with Crippen LogP contribution < -0.4 is 0 Å². The van der Waals surface area contributed by atoms with Crippen LogP contribution in [0.3, 0.4) is 0 Å². The Kier molecular flexibility index (Phi) is 4.49. The van der Waals surface area contributed by atoms with Crippen LogP contribution in [0.2, 0.25) is 0 Å². The number of hydrogen-bond donors (Lipinski definition) is 0. The molecule has 0 saturated heterocycles. The molecule has 7 heteroatoms. The van der Waals surface area contributed by atoms with Gasteiger partial charge in [-0.05, 0) is 19.9 Å². The summed E-state index contributed by atoms with van der Waals surface area (Å²) in [5.74, 6) is -7.26. The molecule has 0 aliphatic carbocycles. The predicted octanol–water partition coefficient (Wildman–Crippen LogP) is 2.72. The van der Waals surface area contributed by atoms with Crippen molar-refractivity contribution in [3.8, 4) is 0 Å². The van der Waals surface area contributed by atoms with E-state index in [2.05, 4.69) is 0 Å². The first-order chi connectivity index (χ1) is 8.19. The fourth-order valence-electron chi connectivity index (χ4n) is 1.44. The fourth-order valence-corrected chi connectivity index (χ4v) is 1.61. The van der Waals surface area contributed by atoms with Gasteiger partial charge >= 0.3 is 0 Å². The second kappa shape index (κ2) is 5.36. The van der Waals surface area contributed by atoms with Gasteiger partial charge in [0.2, 0.25) is 0 Å². The molecule has 0 N–H and O–H groups in total. The minimum absolute atomic E-state index is 0.280. The zero-order valence-corrected chi connectivity index (χ0v) is 12.2. The summed E-state index contributed by atoms with van der Waals surface area (Å²) in [5, 5.41) is 0. The molecule has 1 aromatic rings. The van der Waals surface area contributed by atoms with E-state index in [1.54, 1.807) is 13.8 Å². The molecule has 1 atom stereocenters. The molecule has 1 aromatic carbocycles. The minimum atomic E-state index is -2.00. The molecule has 102 valence electrons. The van der Waals surface area contributed by atoms with Crippen LogP contribution in [-0.4, -0.2) is 16.1 Å². The van der Waals surface area contributed by atoms with Crippen molar-refractivity contribution in [2.75, 3.05) is 0 Å². The lowest BCUT2D eigenvalue weighted by Crippen LogP contribution is -2.25. The Balaban J connectivity index is 3.11. The molecule has 0 saturated carbocycles. The highest BCUT2D eigenvalue weighted by Crippen LogP contribution is 2.32. The first-order valence-electron chi connectivity index (χ1n) is 5.21. The fraction of sp³-hybridized carbons (Fsp3) is 0.455. The van der Waals surface area contributed by atoms with E-state index in [0.717, 1.165) is 0 Å². The first-order valence-corrected chi connectivity index (χ1v) is 6.03. The van der Waals surface area contributed by atoms with E-state index in [-0.39, 0.29) is 6.42 Å². The summed E-state index contributed by atoms with van der Waals surface area (Å²) >= 11 is 0. The van der Waals surface area contributed by atoms with Crippen molar-refractivity contribution in [2.45, 2.75) is 32.0 Å². The number of rotatable bonds is 4. The zero-order valence-electron chi connectivity index (χ0n) is 10.2. The van der Waals surface area contributed by atoms with Gasteiger partial charge in [0.05, 0.1) is 5.60 Å². The quantitative estimate of drug-likeness (QED) is 0.357. The van der Waals surface area contributed by atoms with Gasteiger partial charge in [0.25, 0.3) is 0 Å². The van der Waals surface area contributed by atoms with Crippen LogP contribution in [0.25, 0.3) is 0 Å². The molecule has 0 spiro atoms. The van der Waals surface area contributed by atoms with Crippen molar-refractivity contribution >= 4 is 10.5 Å². The van der Waals surface area contributed by atoms with E-state index in [1.165, 1.54) is 0 Å². The van der Waals surface area contributed by atoms with Gasteiger partial charge in [-0.25, -0.2) is 22.0 Å². The Morgan fingerprint density at radius 2 is 1.72 bits per heavy atom. The largest absolute Gasteiger partial charge is 0.423 e. The number of halogens is 5. The number of alkyl halides is 1. The van der Waals surface area contributed by atoms with Gasteiger partial charge < -0.3 is 4.43 Å². The maximum atomic E-state index is 13.8. The molecule has 0 fully saturated rings. The highest BCUT2D eigenvalue weighted by molar-refractivity contribution is 5.98. The summed E-state index contributed by atoms with van der Waals surface area (Å²) in [6, 6.07) is 0.335. The van der Waals surface area contributed by atoms with E-state index in [1.807, 2.05) is 0 Å². The summed E-state index contributed by atoms with van der Waals surface area (Å²) < 4.78 is 70.8.